The lowest BCUT2D eigenvalue weighted by Crippen LogP contribution is -2.40. The molecule has 0 radical (unpaired) electrons. The highest BCUT2D eigenvalue weighted by molar-refractivity contribution is 7.91. The highest BCUT2D eigenvalue weighted by Gasteiger charge is 2.37. The average molecular weight is 550 g/mol. The van der Waals surface area contributed by atoms with E-state index in [1.54, 1.807) is 12.1 Å². The molecule has 1 aliphatic rings. The second kappa shape index (κ2) is 13.0. The van der Waals surface area contributed by atoms with Crippen LogP contribution in [0.2, 0.25) is 0 Å². The highest BCUT2D eigenvalue weighted by Crippen LogP contribution is 2.32. The van der Waals surface area contributed by atoms with Gasteiger partial charge in [0.1, 0.15) is 6.61 Å². The van der Waals surface area contributed by atoms with Crippen LogP contribution in [0, 0.1) is 11.8 Å². The van der Waals surface area contributed by atoms with Crippen LogP contribution in [-0.4, -0.2) is 55.4 Å². The minimum Gasteiger partial charge on any atom is -0.447 e. The molecule has 1 N–H and O–H groups in total. The molecule has 1 saturated heterocycles. The SMILES string of the molecule is CCCC(Cc1ccccc1)C(CC(=O)N1CCOC1=O)C(O)CS(=O)(=O)c1cccc(-c2ccccc2)c1. The zero-order valence-electron chi connectivity index (χ0n) is 22.1. The van der Waals surface area contributed by atoms with Gasteiger partial charge in [0.15, 0.2) is 9.84 Å². The van der Waals surface area contributed by atoms with Crippen molar-refractivity contribution in [3.63, 3.8) is 0 Å². The number of sulfone groups is 1. The van der Waals surface area contributed by atoms with Gasteiger partial charge in [0.05, 0.1) is 23.3 Å². The number of ether oxygens (including phenoxy) is 1. The Labute approximate surface area is 230 Å². The van der Waals surface area contributed by atoms with E-state index in [2.05, 4.69) is 0 Å². The number of aliphatic hydroxyl groups is 1. The maximum absolute atomic E-state index is 13.5. The third kappa shape index (κ3) is 7.34. The maximum Gasteiger partial charge on any atom is 0.416 e. The molecule has 0 aromatic heterocycles. The lowest BCUT2D eigenvalue weighted by molar-refractivity contribution is -0.130. The second-order valence-electron chi connectivity index (χ2n) is 10.0. The Bertz CT molecular complexity index is 1360. The molecule has 0 bridgehead atoms. The van der Waals surface area contributed by atoms with Crippen LogP contribution in [-0.2, 0) is 25.8 Å². The molecule has 0 saturated carbocycles. The van der Waals surface area contributed by atoms with Crippen LogP contribution in [0.3, 0.4) is 0 Å². The maximum atomic E-state index is 13.5. The molecule has 1 heterocycles. The number of rotatable bonds is 12. The molecule has 8 heteroatoms. The summed E-state index contributed by atoms with van der Waals surface area (Å²) >= 11 is 0. The van der Waals surface area contributed by atoms with Gasteiger partial charge in [-0.25, -0.2) is 18.1 Å². The van der Waals surface area contributed by atoms with Gasteiger partial charge in [-0.3, -0.25) is 4.79 Å². The highest BCUT2D eigenvalue weighted by atomic mass is 32.2. The number of cyclic esters (lactones) is 1. The molecule has 3 aromatic carbocycles. The summed E-state index contributed by atoms with van der Waals surface area (Å²) in [6, 6.07) is 25.9. The molecule has 3 aromatic rings. The van der Waals surface area contributed by atoms with E-state index in [0.717, 1.165) is 28.0 Å². The van der Waals surface area contributed by atoms with E-state index in [4.69, 9.17) is 4.74 Å². The number of hydrogen-bond acceptors (Lipinski definition) is 6. The van der Waals surface area contributed by atoms with Crippen LogP contribution in [0.15, 0.2) is 89.8 Å². The van der Waals surface area contributed by atoms with Crippen molar-refractivity contribution in [3.8, 4) is 11.1 Å². The third-order valence-electron chi connectivity index (χ3n) is 7.26. The molecular formula is C31H35NO6S. The lowest BCUT2D eigenvalue weighted by atomic mass is 9.78. The van der Waals surface area contributed by atoms with Crippen LogP contribution >= 0.6 is 0 Å². The molecule has 0 spiro atoms. The molecule has 7 nitrogen and oxygen atoms in total. The molecule has 0 aliphatic carbocycles. The predicted octanol–water partition coefficient (Wildman–Crippen LogP) is 5.13. The minimum absolute atomic E-state index is 0.117. The van der Waals surface area contributed by atoms with Crippen LogP contribution in [0.5, 0.6) is 0 Å². The molecule has 3 unspecified atom stereocenters. The Morgan fingerprint density at radius 1 is 0.974 bits per heavy atom. The largest absolute Gasteiger partial charge is 0.447 e. The summed E-state index contributed by atoms with van der Waals surface area (Å²) in [7, 11) is -3.89. The molecule has 2 amide bonds. The Kier molecular flexibility index (Phi) is 9.54. The van der Waals surface area contributed by atoms with Crippen molar-refractivity contribution in [2.24, 2.45) is 11.8 Å². The van der Waals surface area contributed by atoms with Crippen LogP contribution < -0.4 is 0 Å². The van der Waals surface area contributed by atoms with E-state index in [0.29, 0.717) is 12.8 Å². The summed E-state index contributed by atoms with van der Waals surface area (Å²) in [6.45, 7) is 2.31. The number of hydrogen-bond donors (Lipinski definition) is 1. The van der Waals surface area contributed by atoms with Crippen LogP contribution in [0.4, 0.5) is 4.79 Å². The van der Waals surface area contributed by atoms with E-state index < -0.39 is 39.6 Å². The number of imide groups is 1. The van der Waals surface area contributed by atoms with Crippen LogP contribution in [0.25, 0.3) is 11.1 Å². The average Bonchev–Trinajstić information content (AvgIpc) is 3.38. The fraction of sp³-hybridized carbons (Fsp3) is 0.355. The van der Waals surface area contributed by atoms with Gasteiger partial charge in [0.25, 0.3) is 0 Å². The van der Waals surface area contributed by atoms with Gasteiger partial charge in [-0.2, -0.15) is 0 Å². The van der Waals surface area contributed by atoms with Crippen molar-refractivity contribution < 1.29 is 27.9 Å². The monoisotopic (exact) mass is 549 g/mol. The fourth-order valence-corrected chi connectivity index (χ4v) is 6.73. The molecule has 4 rings (SSSR count). The smallest absolute Gasteiger partial charge is 0.416 e. The normalized spacial score (nSPS) is 15.9. The van der Waals surface area contributed by atoms with Crippen LogP contribution in [0.1, 0.15) is 31.7 Å². The minimum atomic E-state index is -3.89. The topological polar surface area (TPSA) is 101 Å². The Hall–Kier alpha value is -3.49. The van der Waals surface area contributed by atoms with Gasteiger partial charge in [-0.05, 0) is 47.1 Å². The number of benzene rings is 3. The van der Waals surface area contributed by atoms with E-state index in [-0.39, 0.29) is 30.4 Å². The second-order valence-corrected chi connectivity index (χ2v) is 12.0. The summed E-state index contributed by atoms with van der Waals surface area (Å²) < 4.78 is 32.0. The van der Waals surface area contributed by atoms with Gasteiger partial charge < -0.3 is 9.84 Å². The Morgan fingerprint density at radius 2 is 1.64 bits per heavy atom. The van der Waals surface area contributed by atoms with Gasteiger partial charge in [0, 0.05) is 6.42 Å². The Balaban J connectivity index is 1.61. The fourth-order valence-electron chi connectivity index (χ4n) is 5.25. The van der Waals surface area contributed by atoms with E-state index in [1.165, 1.54) is 6.07 Å². The number of amides is 2. The number of carbonyl (C=O) groups excluding carboxylic acids is 2. The first kappa shape index (κ1) is 28.5. The molecule has 1 fully saturated rings. The molecule has 3 atom stereocenters. The summed E-state index contributed by atoms with van der Waals surface area (Å²) in [4.78, 5) is 26.3. The van der Waals surface area contributed by atoms with Crippen molar-refractivity contribution in [3.05, 3.63) is 90.5 Å². The quantitative estimate of drug-likeness (QED) is 0.336. The first-order chi connectivity index (χ1) is 18.8. The van der Waals surface area contributed by atoms with Crippen molar-refractivity contribution in [1.82, 2.24) is 4.90 Å². The molecule has 39 heavy (non-hydrogen) atoms. The van der Waals surface area contributed by atoms with E-state index >= 15 is 0 Å². The summed E-state index contributed by atoms with van der Waals surface area (Å²) in [5.74, 6) is -1.82. The predicted molar refractivity (Wildman–Crippen MR) is 150 cm³/mol. The summed E-state index contributed by atoms with van der Waals surface area (Å²) in [5.41, 5.74) is 2.69. The number of nitrogens with zero attached hydrogens (tertiary/aromatic N) is 1. The standard InChI is InChI=1S/C31H35NO6S/c1-2-10-26(19-23-11-5-3-6-12-23)28(21-30(34)32-17-18-38-31(32)35)29(33)22-39(36,37)27-16-9-15-25(20-27)24-13-7-4-8-14-24/h3-9,11-16,20,26,28-29,33H,2,10,17-19,21-22H2,1H3. The summed E-state index contributed by atoms with van der Waals surface area (Å²) in [5, 5.41) is 11.5. The van der Waals surface area contributed by atoms with Gasteiger partial charge in [0.2, 0.25) is 5.91 Å². The lowest BCUT2D eigenvalue weighted by Gasteiger charge is -2.31. The number of aliphatic hydroxyl groups excluding tert-OH is 1. The van der Waals surface area contributed by atoms with Crippen molar-refractivity contribution >= 4 is 21.8 Å². The first-order valence-electron chi connectivity index (χ1n) is 13.4. The third-order valence-corrected chi connectivity index (χ3v) is 9.02. The van der Waals surface area contributed by atoms with E-state index in [9.17, 15) is 23.1 Å². The van der Waals surface area contributed by atoms with Crippen molar-refractivity contribution in [2.75, 3.05) is 18.9 Å². The van der Waals surface area contributed by atoms with Crippen molar-refractivity contribution in [1.29, 1.82) is 0 Å². The Morgan fingerprint density at radius 3 is 2.28 bits per heavy atom. The zero-order chi connectivity index (χ0) is 27.8. The van der Waals surface area contributed by atoms with E-state index in [1.807, 2.05) is 73.7 Å². The van der Waals surface area contributed by atoms with Gasteiger partial charge >= 0.3 is 6.09 Å². The van der Waals surface area contributed by atoms with Gasteiger partial charge in [-0.15, -0.1) is 0 Å². The molecule has 1 aliphatic heterocycles. The molecule has 206 valence electrons. The zero-order valence-corrected chi connectivity index (χ0v) is 22.9. The summed E-state index contributed by atoms with van der Waals surface area (Å²) in [6.07, 6.45) is -0.0815. The number of carbonyl (C=O) groups is 2. The van der Waals surface area contributed by atoms with Gasteiger partial charge in [-0.1, -0.05) is 92.6 Å². The first-order valence-corrected chi connectivity index (χ1v) is 15.0. The van der Waals surface area contributed by atoms with Crippen molar-refractivity contribution in [2.45, 2.75) is 43.6 Å². The molecular weight excluding hydrogens is 514 g/mol.